The van der Waals surface area contributed by atoms with Crippen LogP contribution in [-0.4, -0.2) is 27.8 Å². The van der Waals surface area contributed by atoms with Gasteiger partial charge in [-0.2, -0.15) is 0 Å². The molecule has 0 radical (unpaired) electrons. The molecule has 0 bridgehead atoms. The third-order valence-corrected chi connectivity index (χ3v) is 4.96. The fourth-order valence-corrected chi connectivity index (χ4v) is 3.25. The summed E-state index contributed by atoms with van der Waals surface area (Å²) in [5.74, 6) is 0.0264. The van der Waals surface area contributed by atoms with E-state index < -0.39 is 12.0 Å². The first-order chi connectivity index (χ1) is 15.4. The molecule has 164 valence electrons. The number of nitrogens with two attached hydrogens (primary N) is 1. The second-order valence-electron chi connectivity index (χ2n) is 7.66. The third kappa shape index (κ3) is 4.81. The number of halogens is 2. The SMILES string of the molecule is Cc1ccc(-c2cnc(N)c(-c3cc(-c4ccc(CNCC(C)F)cc4F)no3)n2)cc1. The minimum atomic E-state index is -0.965. The van der Waals surface area contributed by atoms with Gasteiger partial charge in [-0.3, -0.25) is 0 Å². The number of rotatable bonds is 7. The van der Waals surface area contributed by atoms with Crippen LogP contribution in [0.4, 0.5) is 14.6 Å². The molecule has 4 rings (SSSR count). The molecule has 0 amide bonds. The first-order valence-corrected chi connectivity index (χ1v) is 10.2. The number of alkyl halides is 1. The summed E-state index contributed by atoms with van der Waals surface area (Å²) in [5.41, 5.74) is 10.3. The highest BCUT2D eigenvalue weighted by Gasteiger charge is 2.17. The number of aromatic nitrogens is 3. The Bertz CT molecular complexity index is 1220. The Morgan fingerprint density at radius 2 is 1.88 bits per heavy atom. The number of aryl methyl sites for hydroxylation is 1. The molecule has 0 saturated heterocycles. The molecule has 2 heterocycles. The Balaban J connectivity index is 1.59. The fourth-order valence-electron chi connectivity index (χ4n) is 3.25. The monoisotopic (exact) mass is 435 g/mol. The Hall–Kier alpha value is -3.65. The van der Waals surface area contributed by atoms with Crippen molar-refractivity contribution in [3.63, 3.8) is 0 Å². The second-order valence-corrected chi connectivity index (χ2v) is 7.66. The van der Waals surface area contributed by atoms with Gasteiger partial charge in [-0.05, 0) is 31.5 Å². The Morgan fingerprint density at radius 3 is 2.59 bits per heavy atom. The summed E-state index contributed by atoms with van der Waals surface area (Å²) in [5, 5.41) is 6.93. The van der Waals surface area contributed by atoms with Gasteiger partial charge in [0.25, 0.3) is 0 Å². The first-order valence-electron chi connectivity index (χ1n) is 10.2. The van der Waals surface area contributed by atoms with Crippen molar-refractivity contribution < 1.29 is 13.3 Å². The van der Waals surface area contributed by atoms with E-state index in [4.69, 9.17) is 10.3 Å². The van der Waals surface area contributed by atoms with Crippen molar-refractivity contribution in [3.8, 4) is 34.0 Å². The number of benzene rings is 2. The van der Waals surface area contributed by atoms with E-state index in [0.717, 1.165) is 11.1 Å². The van der Waals surface area contributed by atoms with E-state index >= 15 is 0 Å². The zero-order valence-corrected chi connectivity index (χ0v) is 17.8. The van der Waals surface area contributed by atoms with Gasteiger partial charge in [-0.1, -0.05) is 41.1 Å². The molecule has 3 N–H and O–H groups in total. The molecule has 32 heavy (non-hydrogen) atoms. The molecular weight excluding hydrogens is 412 g/mol. The van der Waals surface area contributed by atoms with E-state index in [9.17, 15) is 8.78 Å². The topological polar surface area (TPSA) is 89.9 Å². The van der Waals surface area contributed by atoms with E-state index in [1.54, 1.807) is 24.4 Å². The molecular formula is C24H23F2N5O. The highest BCUT2D eigenvalue weighted by molar-refractivity contribution is 5.73. The molecule has 2 aromatic heterocycles. The van der Waals surface area contributed by atoms with E-state index in [2.05, 4.69) is 20.4 Å². The summed E-state index contributed by atoms with van der Waals surface area (Å²) < 4.78 is 33.0. The molecule has 2 aromatic carbocycles. The maximum atomic E-state index is 14.7. The molecule has 0 aliphatic heterocycles. The summed E-state index contributed by atoms with van der Waals surface area (Å²) in [6, 6.07) is 14.2. The maximum Gasteiger partial charge on any atom is 0.189 e. The van der Waals surface area contributed by atoms with Gasteiger partial charge in [-0.25, -0.2) is 18.7 Å². The largest absolute Gasteiger partial charge is 0.382 e. The molecule has 1 unspecified atom stereocenters. The summed E-state index contributed by atoms with van der Waals surface area (Å²) in [6.07, 6.45) is 0.629. The van der Waals surface area contributed by atoms with Crippen molar-refractivity contribution in [1.82, 2.24) is 20.4 Å². The van der Waals surface area contributed by atoms with Crippen molar-refractivity contribution in [2.24, 2.45) is 0 Å². The first kappa shape index (κ1) is 21.6. The van der Waals surface area contributed by atoms with Gasteiger partial charge in [0.1, 0.15) is 17.7 Å². The molecule has 4 aromatic rings. The van der Waals surface area contributed by atoms with Crippen molar-refractivity contribution in [3.05, 3.63) is 71.7 Å². The van der Waals surface area contributed by atoms with Crippen molar-refractivity contribution >= 4 is 5.82 Å². The Morgan fingerprint density at radius 1 is 1.09 bits per heavy atom. The fraction of sp³-hybridized carbons (Fsp3) is 0.208. The molecule has 0 spiro atoms. The lowest BCUT2D eigenvalue weighted by atomic mass is 10.1. The Kier molecular flexibility index (Phi) is 6.23. The number of anilines is 1. The smallest absolute Gasteiger partial charge is 0.189 e. The molecule has 1 atom stereocenters. The highest BCUT2D eigenvalue weighted by Crippen LogP contribution is 2.30. The number of nitrogens with one attached hydrogen (secondary N) is 1. The number of nitrogen functional groups attached to an aromatic ring is 1. The quantitative estimate of drug-likeness (QED) is 0.427. The standard InChI is InChI=1S/C24H23F2N5O/c1-14-3-6-17(7-4-14)21-13-29-24(27)23(30-21)22-10-20(31-32-22)18-8-5-16(9-19(18)26)12-28-11-15(2)25/h3-10,13,15,28H,11-12H2,1-2H3,(H2,27,29). The average molecular weight is 435 g/mol. The van der Waals surface area contributed by atoms with Crippen LogP contribution >= 0.6 is 0 Å². The third-order valence-electron chi connectivity index (χ3n) is 4.96. The van der Waals surface area contributed by atoms with Gasteiger partial charge in [-0.15, -0.1) is 0 Å². The number of hydrogen-bond acceptors (Lipinski definition) is 6. The Labute approximate surface area is 184 Å². The van der Waals surface area contributed by atoms with Crippen LogP contribution in [0.1, 0.15) is 18.1 Å². The lowest BCUT2D eigenvalue weighted by Gasteiger charge is -2.07. The molecule has 0 saturated carbocycles. The minimum Gasteiger partial charge on any atom is -0.382 e. The maximum absolute atomic E-state index is 14.7. The predicted octanol–water partition coefficient (Wildman–Crippen LogP) is 4.94. The lowest BCUT2D eigenvalue weighted by Crippen LogP contribution is -2.21. The summed E-state index contributed by atoms with van der Waals surface area (Å²) >= 11 is 0. The highest BCUT2D eigenvalue weighted by atomic mass is 19.1. The van der Waals surface area contributed by atoms with Crippen LogP contribution in [0.2, 0.25) is 0 Å². The van der Waals surface area contributed by atoms with Gasteiger partial charge < -0.3 is 15.6 Å². The average Bonchev–Trinajstić information content (AvgIpc) is 3.24. The zero-order chi connectivity index (χ0) is 22.7. The van der Waals surface area contributed by atoms with E-state index in [0.29, 0.717) is 35.0 Å². The summed E-state index contributed by atoms with van der Waals surface area (Å²) in [6.45, 7) is 4.05. The molecule has 8 heteroatoms. The summed E-state index contributed by atoms with van der Waals surface area (Å²) in [4.78, 5) is 8.81. The van der Waals surface area contributed by atoms with Crippen LogP contribution < -0.4 is 11.1 Å². The molecule has 0 aliphatic rings. The van der Waals surface area contributed by atoms with E-state index in [-0.39, 0.29) is 17.9 Å². The van der Waals surface area contributed by atoms with Crippen LogP contribution in [0.15, 0.2) is 59.3 Å². The van der Waals surface area contributed by atoms with E-state index in [1.807, 2.05) is 31.2 Å². The van der Waals surface area contributed by atoms with Crippen LogP contribution in [0.5, 0.6) is 0 Å². The summed E-state index contributed by atoms with van der Waals surface area (Å²) in [7, 11) is 0. The van der Waals surface area contributed by atoms with Gasteiger partial charge >= 0.3 is 0 Å². The normalized spacial score (nSPS) is 12.1. The minimum absolute atomic E-state index is 0.188. The predicted molar refractivity (Wildman–Crippen MR) is 120 cm³/mol. The molecule has 6 nitrogen and oxygen atoms in total. The van der Waals surface area contributed by atoms with Gasteiger partial charge in [0.2, 0.25) is 0 Å². The van der Waals surface area contributed by atoms with Crippen molar-refractivity contribution in [2.75, 3.05) is 12.3 Å². The van der Waals surface area contributed by atoms with Gasteiger partial charge in [0.05, 0.1) is 11.9 Å². The van der Waals surface area contributed by atoms with Crippen LogP contribution in [0.25, 0.3) is 34.0 Å². The van der Waals surface area contributed by atoms with Crippen LogP contribution in [-0.2, 0) is 6.54 Å². The molecule has 0 aliphatic carbocycles. The number of hydrogen-bond donors (Lipinski definition) is 2. The van der Waals surface area contributed by atoms with E-state index in [1.165, 1.54) is 13.0 Å². The number of nitrogens with zero attached hydrogens (tertiary/aromatic N) is 3. The second kappa shape index (κ2) is 9.23. The molecule has 0 fully saturated rings. The zero-order valence-electron chi connectivity index (χ0n) is 17.8. The van der Waals surface area contributed by atoms with Gasteiger partial charge in [0.15, 0.2) is 17.3 Å². The van der Waals surface area contributed by atoms with Crippen LogP contribution in [0, 0.1) is 12.7 Å². The van der Waals surface area contributed by atoms with Crippen molar-refractivity contribution in [1.29, 1.82) is 0 Å². The lowest BCUT2D eigenvalue weighted by molar-refractivity contribution is 0.344. The van der Waals surface area contributed by atoms with Crippen molar-refractivity contribution in [2.45, 2.75) is 26.6 Å². The van der Waals surface area contributed by atoms with Gasteiger partial charge in [0, 0.05) is 30.3 Å². The van der Waals surface area contributed by atoms with Crippen LogP contribution in [0.3, 0.4) is 0 Å².